The number of halogens is 1. The highest BCUT2D eigenvalue weighted by molar-refractivity contribution is 9.10. The van der Waals surface area contributed by atoms with Gasteiger partial charge in [-0.1, -0.05) is 43.2 Å². The maximum Gasteiger partial charge on any atom is 0.331 e. The van der Waals surface area contributed by atoms with Crippen LogP contribution in [-0.2, 0) is 9.53 Å². The summed E-state index contributed by atoms with van der Waals surface area (Å²) in [5.74, 6) is -0.616. The number of carbonyl (C=O) groups is 2. The van der Waals surface area contributed by atoms with Gasteiger partial charge in [0.2, 0.25) is 0 Å². The van der Waals surface area contributed by atoms with Crippen molar-refractivity contribution in [2.24, 2.45) is 0 Å². The largest absolute Gasteiger partial charge is 0.467 e. The van der Waals surface area contributed by atoms with Crippen molar-refractivity contribution in [2.45, 2.75) is 31.2 Å². The lowest BCUT2D eigenvalue weighted by Gasteiger charge is -2.27. The minimum atomic E-state index is -0.892. The molecule has 5 heteroatoms. The van der Waals surface area contributed by atoms with Crippen molar-refractivity contribution in [3.63, 3.8) is 0 Å². The van der Waals surface area contributed by atoms with E-state index in [1.807, 2.05) is 30.3 Å². The van der Waals surface area contributed by atoms with Gasteiger partial charge >= 0.3 is 5.97 Å². The number of hydrogen-bond donors (Lipinski definition) is 1. The number of amides is 1. The van der Waals surface area contributed by atoms with E-state index in [4.69, 9.17) is 4.74 Å². The van der Waals surface area contributed by atoms with Crippen molar-refractivity contribution in [3.8, 4) is 0 Å². The van der Waals surface area contributed by atoms with Crippen LogP contribution in [-0.4, -0.2) is 24.5 Å². The number of esters is 1. The molecular formula is C18H18BrNO3. The van der Waals surface area contributed by atoms with E-state index in [-0.39, 0.29) is 11.9 Å². The topological polar surface area (TPSA) is 55.4 Å². The number of benzene rings is 2. The summed E-state index contributed by atoms with van der Waals surface area (Å²) in [5.41, 5.74) is -0.365. The van der Waals surface area contributed by atoms with E-state index < -0.39 is 5.54 Å². The number of ether oxygens (including phenoxy) is 1. The third-order valence-electron chi connectivity index (χ3n) is 4.49. The van der Waals surface area contributed by atoms with Crippen molar-refractivity contribution in [1.82, 2.24) is 5.32 Å². The summed E-state index contributed by atoms with van der Waals surface area (Å²) in [4.78, 5) is 24.9. The summed E-state index contributed by atoms with van der Waals surface area (Å²) in [5, 5.41) is 4.95. The SMILES string of the molecule is COC(=O)C1(NC(=O)c2ccc3ccccc3c2Br)CCCC1. The average Bonchev–Trinajstić information content (AvgIpc) is 3.04. The summed E-state index contributed by atoms with van der Waals surface area (Å²) in [6, 6.07) is 11.5. The normalized spacial score (nSPS) is 16.3. The van der Waals surface area contributed by atoms with Gasteiger partial charge in [0.25, 0.3) is 5.91 Å². The van der Waals surface area contributed by atoms with Crippen LogP contribution in [0.15, 0.2) is 40.9 Å². The highest BCUT2D eigenvalue weighted by atomic mass is 79.9. The molecule has 4 nitrogen and oxygen atoms in total. The fourth-order valence-electron chi connectivity index (χ4n) is 3.25. The number of hydrogen-bond acceptors (Lipinski definition) is 3. The number of fused-ring (bicyclic) bond motifs is 1. The van der Waals surface area contributed by atoms with Gasteiger partial charge in [0.15, 0.2) is 0 Å². The Morgan fingerprint density at radius 1 is 1.13 bits per heavy atom. The van der Waals surface area contributed by atoms with Gasteiger partial charge in [0.05, 0.1) is 12.7 Å². The number of nitrogens with one attached hydrogen (secondary N) is 1. The molecule has 120 valence electrons. The Balaban J connectivity index is 1.94. The van der Waals surface area contributed by atoms with Gasteiger partial charge < -0.3 is 10.1 Å². The molecule has 0 atom stereocenters. The summed E-state index contributed by atoms with van der Waals surface area (Å²) in [7, 11) is 1.36. The predicted molar refractivity (Wildman–Crippen MR) is 92.3 cm³/mol. The number of carbonyl (C=O) groups excluding carboxylic acids is 2. The smallest absolute Gasteiger partial charge is 0.331 e. The van der Waals surface area contributed by atoms with Gasteiger partial charge in [-0.2, -0.15) is 0 Å². The molecule has 0 heterocycles. The van der Waals surface area contributed by atoms with Crippen LogP contribution in [0.1, 0.15) is 36.0 Å². The van der Waals surface area contributed by atoms with E-state index in [0.29, 0.717) is 18.4 Å². The summed E-state index contributed by atoms with van der Waals surface area (Å²) >= 11 is 3.53. The Bertz CT molecular complexity index is 766. The number of methoxy groups -OCH3 is 1. The third kappa shape index (κ3) is 2.85. The van der Waals surface area contributed by atoms with E-state index >= 15 is 0 Å². The Kier molecular flexibility index (Phi) is 4.39. The molecule has 1 aliphatic carbocycles. The zero-order valence-corrected chi connectivity index (χ0v) is 14.5. The molecule has 0 saturated heterocycles. The van der Waals surface area contributed by atoms with Crippen LogP contribution in [0, 0.1) is 0 Å². The molecule has 0 radical (unpaired) electrons. The molecule has 1 fully saturated rings. The van der Waals surface area contributed by atoms with Crippen LogP contribution in [0.4, 0.5) is 0 Å². The summed E-state index contributed by atoms with van der Waals surface area (Å²) < 4.78 is 5.65. The Hall–Kier alpha value is -1.88. The minimum Gasteiger partial charge on any atom is -0.467 e. The molecule has 2 aromatic carbocycles. The van der Waals surface area contributed by atoms with Crippen molar-refractivity contribution in [2.75, 3.05) is 7.11 Å². The lowest BCUT2D eigenvalue weighted by atomic mass is 9.96. The maximum absolute atomic E-state index is 12.7. The first kappa shape index (κ1) is 16.0. The molecule has 1 amide bonds. The van der Waals surface area contributed by atoms with Crippen LogP contribution in [0.25, 0.3) is 10.8 Å². The lowest BCUT2D eigenvalue weighted by Crippen LogP contribution is -2.53. The molecule has 23 heavy (non-hydrogen) atoms. The second kappa shape index (κ2) is 6.32. The fourth-order valence-corrected chi connectivity index (χ4v) is 3.92. The highest BCUT2D eigenvalue weighted by Crippen LogP contribution is 2.33. The molecule has 0 unspecified atom stereocenters. The summed E-state index contributed by atoms with van der Waals surface area (Å²) in [6.45, 7) is 0. The molecule has 1 N–H and O–H groups in total. The molecule has 0 aromatic heterocycles. The van der Waals surface area contributed by atoms with Gasteiger partial charge in [-0.05, 0) is 45.6 Å². The fraction of sp³-hybridized carbons (Fsp3) is 0.333. The van der Waals surface area contributed by atoms with Crippen molar-refractivity contribution in [1.29, 1.82) is 0 Å². The molecule has 3 rings (SSSR count). The zero-order valence-electron chi connectivity index (χ0n) is 12.9. The van der Waals surface area contributed by atoms with Gasteiger partial charge in [-0.3, -0.25) is 4.79 Å². The molecule has 1 aliphatic rings. The Morgan fingerprint density at radius 2 is 1.83 bits per heavy atom. The van der Waals surface area contributed by atoms with Gasteiger partial charge in [0.1, 0.15) is 5.54 Å². The predicted octanol–water partition coefficient (Wildman–Crippen LogP) is 3.82. The molecule has 0 bridgehead atoms. The van der Waals surface area contributed by atoms with Gasteiger partial charge in [0, 0.05) is 4.47 Å². The van der Waals surface area contributed by atoms with Crippen LogP contribution in [0.3, 0.4) is 0 Å². The molecule has 0 aliphatic heterocycles. The maximum atomic E-state index is 12.7. The monoisotopic (exact) mass is 375 g/mol. The standard InChI is InChI=1S/C18H18BrNO3/c1-23-17(22)18(10-4-5-11-18)20-16(21)14-9-8-12-6-2-3-7-13(12)15(14)19/h2-3,6-9H,4-5,10-11H2,1H3,(H,20,21). The lowest BCUT2D eigenvalue weighted by molar-refractivity contribution is -0.148. The first-order valence-electron chi connectivity index (χ1n) is 7.65. The molecule has 2 aromatic rings. The average molecular weight is 376 g/mol. The van der Waals surface area contributed by atoms with Crippen LogP contribution in [0.2, 0.25) is 0 Å². The van der Waals surface area contributed by atoms with Crippen LogP contribution >= 0.6 is 15.9 Å². The van der Waals surface area contributed by atoms with E-state index in [9.17, 15) is 9.59 Å². The third-order valence-corrected chi connectivity index (χ3v) is 5.35. The van der Waals surface area contributed by atoms with E-state index in [2.05, 4.69) is 21.2 Å². The second-order valence-electron chi connectivity index (χ2n) is 5.88. The first-order chi connectivity index (χ1) is 11.1. The Morgan fingerprint density at radius 3 is 2.52 bits per heavy atom. The molecule has 0 spiro atoms. The summed E-state index contributed by atoms with van der Waals surface area (Å²) in [6.07, 6.45) is 3.07. The zero-order chi connectivity index (χ0) is 16.4. The van der Waals surface area contributed by atoms with Crippen LogP contribution < -0.4 is 5.32 Å². The van der Waals surface area contributed by atoms with E-state index in [1.165, 1.54) is 7.11 Å². The van der Waals surface area contributed by atoms with E-state index in [0.717, 1.165) is 28.1 Å². The minimum absolute atomic E-state index is 0.255. The molecule has 1 saturated carbocycles. The Labute approximate surface area is 143 Å². The van der Waals surface area contributed by atoms with Crippen molar-refractivity contribution < 1.29 is 14.3 Å². The molecular weight excluding hydrogens is 358 g/mol. The van der Waals surface area contributed by atoms with Crippen molar-refractivity contribution >= 4 is 38.6 Å². The second-order valence-corrected chi connectivity index (χ2v) is 6.68. The van der Waals surface area contributed by atoms with Crippen LogP contribution in [0.5, 0.6) is 0 Å². The van der Waals surface area contributed by atoms with E-state index in [1.54, 1.807) is 6.07 Å². The highest BCUT2D eigenvalue weighted by Gasteiger charge is 2.43. The number of rotatable bonds is 3. The van der Waals surface area contributed by atoms with Gasteiger partial charge in [-0.25, -0.2) is 4.79 Å². The van der Waals surface area contributed by atoms with Gasteiger partial charge in [-0.15, -0.1) is 0 Å². The quantitative estimate of drug-likeness (QED) is 0.829. The van der Waals surface area contributed by atoms with Crippen molar-refractivity contribution in [3.05, 3.63) is 46.4 Å². The first-order valence-corrected chi connectivity index (χ1v) is 8.45.